The lowest BCUT2D eigenvalue weighted by molar-refractivity contribution is -0.140. The molecule has 16 heteroatoms. The summed E-state index contributed by atoms with van der Waals surface area (Å²) in [5.41, 5.74) is 3.26. The van der Waals surface area contributed by atoms with Crippen LogP contribution in [-0.4, -0.2) is 117 Å². The molecule has 16 nitrogen and oxygen atoms in total. The molecule has 4 amide bonds. The zero-order valence-electron chi connectivity index (χ0n) is 39.9. The van der Waals surface area contributed by atoms with Gasteiger partial charge in [0.2, 0.25) is 11.8 Å². The Kier molecular flexibility index (Phi) is 10.9. The number of carbonyl (C=O) groups is 4. The predicted molar refractivity (Wildman–Crippen MR) is 249 cm³/mol. The lowest BCUT2D eigenvalue weighted by Gasteiger charge is -2.39. The molecule has 3 aliphatic carbocycles. The molecule has 12 rings (SSSR count). The monoisotopic (exact) mass is 926 g/mol. The van der Waals surface area contributed by atoms with Gasteiger partial charge in [-0.1, -0.05) is 38.0 Å². The normalized spacial score (nSPS) is 35.8. The van der Waals surface area contributed by atoms with Gasteiger partial charge in [0.25, 0.3) is 0 Å². The van der Waals surface area contributed by atoms with Gasteiger partial charge in [0.15, 0.2) is 0 Å². The highest BCUT2D eigenvalue weighted by atomic mass is 16.5. The Morgan fingerprint density at radius 2 is 1.31 bits per heavy atom. The smallest absolute Gasteiger partial charge is 0.407 e. The fourth-order valence-electron chi connectivity index (χ4n) is 13.5. The molecular weight excluding hydrogens is 865 g/mol. The highest BCUT2D eigenvalue weighted by molar-refractivity contribution is 5.90. The Hall–Kier alpha value is -5.92. The fourth-order valence-corrected chi connectivity index (χ4v) is 13.5. The van der Waals surface area contributed by atoms with E-state index in [9.17, 15) is 19.2 Å². The summed E-state index contributed by atoms with van der Waals surface area (Å²) in [7, 11) is 2.65. The number of imidazole rings is 2. The van der Waals surface area contributed by atoms with Crippen molar-refractivity contribution in [2.24, 2.45) is 40.9 Å². The van der Waals surface area contributed by atoms with Gasteiger partial charge in [-0.05, 0) is 136 Å². The van der Waals surface area contributed by atoms with Gasteiger partial charge in [0.1, 0.15) is 29.4 Å². The number of nitrogens with zero attached hydrogens (tertiary/aromatic N) is 4. The molecule has 0 spiro atoms. The number of carbonyl (C=O) groups excluding carboxylic acids is 4. The number of aromatic nitrogens is 4. The standard InChI is InChI=1S/C52H62N8O8/c1-24-15-33(16-25(2)67-24)41(57-50(63)65-7)48(61)59-38(21-36-28(5)43(36)59)46-53-22-35(55-46)14-10-29-9-11-31-20-32(13-12-30(31)19-29)37-23-54-47(56-37)44-39-40-45(52(39,40)6)60(44)49(62)42(58-51(64)66-8)34-17-26(3)68-27(4)18-34/h9,11-13,19-20,22-28,33-34,36,38-45H,15-18,21H2,1-8H3,(H,53,55)(H,54,56)(H,57,63)(H,58,64)/t24-,25+,26-,27+,28-,33+,34+,36+,38+,39?,40-,41?,42?,43-,44+,45+,52-/m1/s1. The number of piperidine rings is 2. The topological polar surface area (TPSA) is 193 Å². The Bertz CT molecular complexity index is 2720. The number of benzene rings is 2. The van der Waals surface area contributed by atoms with Gasteiger partial charge >= 0.3 is 12.2 Å². The number of hydrogen-bond acceptors (Lipinski definition) is 10. The number of aromatic amines is 2. The van der Waals surface area contributed by atoms with Gasteiger partial charge < -0.3 is 49.3 Å². The minimum atomic E-state index is -0.733. The van der Waals surface area contributed by atoms with E-state index in [-0.39, 0.29) is 77.6 Å². The third-order valence-corrected chi connectivity index (χ3v) is 16.8. The van der Waals surface area contributed by atoms with E-state index in [1.54, 1.807) is 6.20 Å². The number of alkyl carbamates (subject to hydrolysis) is 2. The SMILES string of the molecule is COC(=O)NC(C(=O)N1[C@H](c2nc(-c3ccc4cc(C#Cc5c[nH]c([C@@H]6C[C@H]7[C@@H](C)[C@H]7N6C(=O)C(NC(=O)OC)[C@H]6C[C@@H](C)O[C@@H](C)C6)n5)ccc4c3)c[nH]2)C2[C@@H]3[C@H]1[C@]23C)[C@H]1C[C@@H](C)O[C@@H](C)C1. The molecule has 4 N–H and O–H groups in total. The third-order valence-electron chi connectivity index (χ3n) is 16.8. The average Bonchev–Trinajstić information content (AvgIpc) is 3.85. The van der Waals surface area contributed by atoms with Gasteiger partial charge in [-0.15, -0.1) is 0 Å². The van der Waals surface area contributed by atoms with Crippen molar-refractivity contribution in [2.45, 2.75) is 134 Å². The summed E-state index contributed by atoms with van der Waals surface area (Å²) < 4.78 is 21.9. The first-order chi connectivity index (χ1) is 32.7. The largest absolute Gasteiger partial charge is 0.453 e. The van der Waals surface area contributed by atoms with Gasteiger partial charge in [-0.3, -0.25) is 9.59 Å². The average molecular weight is 927 g/mol. The molecule has 5 saturated heterocycles. The third kappa shape index (κ3) is 7.51. The zero-order chi connectivity index (χ0) is 47.5. The van der Waals surface area contributed by atoms with Crippen molar-refractivity contribution >= 4 is 34.8 Å². The Morgan fingerprint density at radius 1 is 0.735 bits per heavy atom. The second kappa shape index (κ2) is 16.6. The second-order valence-corrected chi connectivity index (χ2v) is 21.1. The van der Waals surface area contributed by atoms with E-state index in [1.807, 2.05) is 49.8 Å². The molecular formula is C52H62N8O8. The number of likely N-dealkylation sites (tertiary alicyclic amines) is 1. The summed E-state index contributed by atoms with van der Waals surface area (Å²) in [6, 6.07) is 10.7. The molecule has 3 saturated carbocycles. The summed E-state index contributed by atoms with van der Waals surface area (Å²) in [5, 5.41) is 7.88. The first-order valence-electron chi connectivity index (χ1n) is 24.5. The first kappa shape index (κ1) is 44.6. The van der Waals surface area contributed by atoms with E-state index >= 15 is 0 Å². The van der Waals surface area contributed by atoms with Crippen LogP contribution in [0.25, 0.3) is 22.0 Å². The molecule has 7 heterocycles. The van der Waals surface area contributed by atoms with Crippen molar-refractivity contribution < 1.29 is 38.1 Å². The molecule has 2 aromatic heterocycles. The highest BCUT2D eigenvalue weighted by Crippen LogP contribution is 2.90. The first-order valence-corrected chi connectivity index (χ1v) is 24.5. The van der Waals surface area contributed by atoms with Crippen molar-refractivity contribution in [3.63, 3.8) is 0 Å². The van der Waals surface area contributed by atoms with Crippen LogP contribution in [0.2, 0.25) is 0 Å². The summed E-state index contributed by atoms with van der Waals surface area (Å²) in [6.07, 6.45) is 5.87. The van der Waals surface area contributed by atoms with Crippen LogP contribution in [0.3, 0.4) is 0 Å². The summed E-state index contributed by atoms with van der Waals surface area (Å²) in [6.45, 7) is 12.5. The number of rotatable bonds is 9. The molecule has 8 aliphatic rings. The predicted octanol–water partition coefficient (Wildman–Crippen LogP) is 6.63. The molecule has 2 bridgehead atoms. The number of nitrogens with one attached hydrogen (secondary N) is 4. The number of H-pyrrole nitrogens is 2. The number of methoxy groups -OCH3 is 2. The van der Waals surface area contributed by atoms with E-state index in [4.69, 9.17) is 28.9 Å². The zero-order valence-corrected chi connectivity index (χ0v) is 39.9. The van der Waals surface area contributed by atoms with Crippen LogP contribution < -0.4 is 10.6 Å². The van der Waals surface area contributed by atoms with Gasteiger partial charge in [0, 0.05) is 35.6 Å². The van der Waals surface area contributed by atoms with Crippen molar-refractivity contribution in [1.29, 1.82) is 0 Å². The van der Waals surface area contributed by atoms with Gasteiger partial charge in [-0.2, -0.15) is 0 Å². The van der Waals surface area contributed by atoms with Crippen molar-refractivity contribution in [3.8, 4) is 23.1 Å². The van der Waals surface area contributed by atoms with Crippen LogP contribution in [0.4, 0.5) is 9.59 Å². The van der Waals surface area contributed by atoms with Crippen molar-refractivity contribution in [1.82, 2.24) is 40.4 Å². The maximum absolute atomic E-state index is 14.6. The van der Waals surface area contributed by atoms with Crippen LogP contribution in [-0.2, 0) is 28.5 Å². The van der Waals surface area contributed by atoms with E-state index in [1.165, 1.54) is 14.2 Å². The number of fused-ring (bicyclic) bond motifs is 3. The van der Waals surface area contributed by atoms with E-state index in [0.29, 0.717) is 60.9 Å². The van der Waals surface area contributed by atoms with Gasteiger partial charge in [-0.25, -0.2) is 19.6 Å². The minimum Gasteiger partial charge on any atom is -0.453 e. The molecule has 0 radical (unpaired) electrons. The second-order valence-electron chi connectivity index (χ2n) is 21.1. The lowest BCUT2D eigenvalue weighted by Crippen LogP contribution is -2.55. The molecule has 358 valence electrons. The number of hydrogen-bond donors (Lipinski definition) is 4. The molecule has 8 fully saturated rings. The molecule has 4 aromatic rings. The highest BCUT2D eigenvalue weighted by Gasteiger charge is 2.94. The van der Waals surface area contributed by atoms with Crippen molar-refractivity contribution in [2.75, 3.05) is 14.2 Å². The minimum absolute atomic E-state index is 0.0192. The van der Waals surface area contributed by atoms with Crippen LogP contribution >= 0.6 is 0 Å². The lowest BCUT2D eigenvalue weighted by atomic mass is 9.85. The fraction of sp³-hybridized carbons (Fsp3) is 0.577. The molecule has 68 heavy (non-hydrogen) atoms. The molecule has 2 aromatic carbocycles. The molecule has 5 aliphatic heterocycles. The Morgan fingerprint density at radius 3 is 1.93 bits per heavy atom. The Labute approximate surface area is 396 Å². The van der Waals surface area contributed by atoms with Crippen LogP contribution in [0.5, 0.6) is 0 Å². The van der Waals surface area contributed by atoms with Gasteiger partial charge in [0.05, 0.1) is 56.4 Å². The summed E-state index contributed by atoms with van der Waals surface area (Å²) in [4.78, 5) is 75.1. The maximum atomic E-state index is 14.6. The van der Waals surface area contributed by atoms with Crippen molar-refractivity contribution in [3.05, 3.63) is 71.7 Å². The number of ether oxygens (including phenoxy) is 4. The maximum Gasteiger partial charge on any atom is 0.407 e. The summed E-state index contributed by atoms with van der Waals surface area (Å²) in [5.74, 6) is 9.16. The molecule has 3 unspecified atom stereocenters. The Balaban J connectivity index is 0.786. The van der Waals surface area contributed by atoms with Crippen LogP contribution in [0, 0.1) is 52.8 Å². The number of amides is 4. The van der Waals surface area contributed by atoms with E-state index in [2.05, 4.69) is 76.6 Å². The molecule has 17 atom stereocenters. The quantitative estimate of drug-likeness (QED) is 0.132. The van der Waals surface area contributed by atoms with E-state index in [0.717, 1.165) is 39.8 Å². The van der Waals surface area contributed by atoms with Crippen LogP contribution in [0.15, 0.2) is 48.8 Å². The van der Waals surface area contributed by atoms with E-state index < -0.39 is 24.3 Å². The van der Waals surface area contributed by atoms with Crippen LogP contribution in [0.1, 0.15) is 109 Å². The summed E-state index contributed by atoms with van der Waals surface area (Å²) >= 11 is 0.